The van der Waals surface area contributed by atoms with Gasteiger partial charge in [-0.2, -0.15) is 5.10 Å². The third kappa shape index (κ3) is 1.53. The summed E-state index contributed by atoms with van der Waals surface area (Å²) >= 11 is 6.85. The summed E-state index contributed by atoms with van der Waals surface area (Å²) in [5, 5.41) is 9.14. The van der Waals surface area contributed by atoms with Crippen molar-refractivity contribution in [2.24, 2.45) is 0 Å². The van der Waals surface area contributed by atoms with Crippen LogP contribution >= 0.6 is 23.6 Å². The summed E-state index contributed by atoms with van der Waals surface area (Å²) in [5.74, 6) is 0.932. The van der Waals surface area contributed by atoms with Gasteiger partial charge in [0.1, 0.15) is 0 Å². The van der Waals surface area contributed by atoms with E-state index in [0.29, 0.717) is 4.77 Å². The molecule has 0 unspecified atom stereocenters. The Morgan fingerprint density at radius 1 is 1.64 bits per heavy atom. The molecule has 0 saturated carbocycles. The third-order valence-corrected chi connectivity index (χ3v) is 3.24. The van der Waals surface area contributed by atoms with Crippen LogP contribution in [0.3, 0.4) is 0 Å². The first-order valence-electron chi connectivity index (χ1n) is 4.43. The van der Waals surface area contributed by atoms with Gasteiger partial charge in [0.25, 0.3) is 0 Å². The molecule has 0 saturated heterocycles. The summed E-state index contributed by atoms with van der Waals surface area (Å²) in [6.07, 6.45) is 0. The smallest absolute Gasteiger partial charge is 0.195 e. The number of nitrogens with one attached hydrogen (secondary N) is 1. The Kier molecular flexibility index (Phi) is 2.52. The first-order valence-corrected chi connectivity index (χ1v) is 5.72. The third-order valence-electron chi connectivity index (χ3n) is 2.06. The monoisotopic (exact) mass is 225 g/mol. The molecule has 14 heavy (non-hydrogen) atoms. The van der Waals surface area contributed by atoms with Gasteiger partial charge < -0.3 is 4.57 Å². The second kappa shape index (κ2) is 3.67. The van der Waals surface area contributed by atoms with Crippen LogP contribution in [0.1, 0.15) is 11.8 Å². The predicted octanol–water partition coefficient (Wildman–Crippen LogP) is 3.00. The molecule has 2 heterocycles. The van der Waals surface area contributed by atoms with Crippen LogP contribution in [0.15, 0.2) is 11.4 Å². The molecule has 0 fully saturated rings. The number of aromatic nitrogens is 3. The normalized spacial score (nSPS) is 10.7. The molecule has 1 N–H and O–H groups in total. The molecule has 3 nitrogen and oxygen atoms in total. The standard InChI is InChI=1S/C9H11N3S2/c1-3-12-8(10-11-9(12)13)7-4-6(2)14-5-7/h4-5H,3H2,1-2H3,(H,11,13). The number of H-pyrrole nitrogens is 1. The van der Waals surface area contributed by atoms with E-state index in [9.17, 15) is 0 Å². The SMILES string of the molecule is CCn1c(-c2csc(C)c2)n[nH]c1=S. The van der Waals surface area contributed by atoms with Crippen molar-refractivity contribution in [2.45, 2.75) is 20.4 Å². The summed E-state index contributed by atoms with van der Waals surface area (Å²) in [7, 11) is 0. The van der Waals surface area contributed by atoms with E-state index in [1.165, 1.54) is 4.88 Å². The van der Waals surface area contributed by atoms with Gasteiger partial charge in [0.2, 0.25) is 0 Å². The Hall–Kier alpha value is -0.940. The molecule has 0 bridgehead atoms. The summed E-state index contributed by atoms with van der Waals surface area (Å²) < 4.78 is 2.68. The molecule has 0 spiro atoms. The van der Waals surface area contributed by atoms with Gasteiger partial charge in [-0.3, -0.25) is 5.10 Å². The fraction of sp³-hybridized carbons (Fsp3) is 0.333. The van der Waals surface area contributed by atoms with E-state index in [1.54, 1.807) is 11.3 Å². The molecule has 74 valence electrons. The number of aromatic amines is 1. The molecule has 0 amide bonds. The van der Waals surface area contributed by atoms with Gasteiger partial charge >= 0.3 is 0 Å². The van der Waals surface area contributed by atoms with Gasteiger partial charge in [-0.1, -0.05) is 0 Å². The van der Waals surface area contributed by atoms with Gasteiger partial charge in [0, 0.05) is 22.4 Å². The van der Waals surface area contributed by atoms with Crippen molar-refractivity contribution in [1.82, 2.24) is 14.8 Å². The van der Waals surface area contributed by atoms with E-state index < -0.39 is 0 Å². The lowest BCUT2D eigenvalue weighted by atomic mass is 10.3. The van der Waals surface area contributed by atoms with Crippen molar-refractivity contribution in [3.63, 3.8) is 0 Å². The Morgan fingerprint density at radius 3 is 3.00 bits per heavy atom. The average molecular weight is 225 g/mol. The molecular weight excluding hydrogens is 214 g/mol. The maximum absolute atomic E-state index is 5.13. The number of nitrogens with zero attached hydrogens (tertiary/aromatic N) is 2. The van der Waals surface area contributed by atoms with E-state index >= 15 is 0 Å². The molecule has 2 aromatic heterocycles. The maximum atomic E-state index is 5.13. The number of hydrogen-bond acceptors (Lipinski definition) is 3. The van der Waals surface area contributed by atoms with Crippen molar-refractivity contribution in [1.29, 1.82) is 0 Å². The van der Waals surface area contributed by atoms with E-state index in [4.69, 9.17) is 12.2 Å². The summed E-state index contributed by atoms with van der Waals surface area (Å²) in [6.45, 7) is 5.00. The minimum Gasteiger partial charge on any atom is -0.300 e. The van der Waals surface area contributed by atoms with Gasteiger partial charge in [-0.25, -0.2) is 0 Å². The van der Waals surface area contributed by atoms with Gasteiger partial charge in [-0.15, -0.1) is 11.3 Å². The number of thiophene rings is 1. The molecule has 2 aromatic rings. The molecule has 0 atom stereocenters. The van der Waals surface area contributed by atoms with Crippen LogP contribution < -0.4 is 0 Å². The van der Waals surface area contributed by atoms with E-state index in [1.807, 2.05) is 4.57 Å². The van der Waals surface area contributed by atoms with Crippen molar-refractivity contribution in [2.75, 3.05) is 0 Å². The average Bonchev–Trinajstić information content (AvgIpc) is 2.71. The number of rotatable bonds is 2. The summed E-state index contributed by atoms with van der Waals surface area (Å²) in [4.78, 5) is 1.29. The van der Waals surface area contributed by atoms with Crippen LogP contribution in [0.4, 0.5) is 0 Å². The maximum Gasteiger partial charge on any atom is 0.195 e. The highest BCUT2D eigenvalue weighted by atomic mass is 32.1. The first-order chi connectivity index (χ1) is 6.72. The number of aryl methyl sites for hydroxylation is 1. The second-order valence-corrected chi connectivity index (χ2v) is 4.54. The van der Waals surface area contributed by atoms with Crippen LogP contribution in [-0.4, -0.2) is 14.8 Å². The number of hydrogen-bond donors (Lipinski definition) is 1. The lowest BCUT2D eigenvalue weighted by molar-refractivity contribution is 0.756. The quantitative estimate of drug-likeness (QED) is 0.797. The first kappa shape index (κ1) is 9.61. The molecule has 5 heteroatoms. The Balaban J connectivity index is 2.56. The van der Waals surface area contributed by atoms with E-state index in [2.05, 4.69) is 35.5 Å². The zero-order valence-electron chi connectivity index (χ0n) is 8.07. The molecule has 0 aromatic carbocycles. The highest BCUT2D eigenvalue weighted by molar-refractivity contribution is 7.71. The second-order valence-electron chi connectivity index (χ2n) is 3.04. The van der Waals surface area contributed by atoms with Gasteiger partial charge in [0.15, 0.2) is 10.6 Å². The van der Waals surface area contributed by atoms with Crippen molar-refractivity contribution >= 4 is 23.6 Å². The summed E-state index contributed by atoms with van der Waals surface area (Å²) in [6, 6.07) is 2.13. The Labute approximate surface area is 91.4 Å². The van der Waals surface area contributed by atoms with Crippen LogP contribution in [-0.2, 0) is 6.54 Å². The molecule has 0 radical (unpaired) electrons. The molecular formula is C9H11N3S2. The van der Waals surface area contributed by atoms with Crippen LogP contribution in [0.25, 0.3) is 11.4 Å². The zero-order valence-corrected chi connectivity index (χ0v) is 9.71. The minimum absolute atomic E-state index is 0.686. The van der Waals surface area contributed by atoms with Crippen molar-refractivity contribution < 1.29 is 0 Å². The zero-order chi connectivity index (χ0) is 10.1. The Morgan fingerprint density at radius 2 is 2.43 bits per heavy atom. The largest absolute Gasteiger partial charge is 0.300 e. The highest BCUT2D eigenvalue weighted by Crippen LogP contribution is 2.23. The highest BCUT2D eigenvalue weighted by Gasteiger charge is 2.08. The fourth-order valence-corrected chi connectivity index (χ4v) is 2.33. The lowest BCUT2D eigenvalue weighted by Crippen LogP contribution is -1.96. The lowest BCUT2D eigenvalue weighted by Gasteiger charge is -1.99. The van der Waals surface area contributed by atoms with Gasteiger partial charge in [-0.05, 0) is 32.1 Å². The molecule has 0 aliphatic heterocycles. The van der Waals surface area contributed by atoms with Crippen LogP contribution in [0.5, 0.6) is 0 Å². The van der Waals surface area contributed by atoms with E-state index in [-0.39, 0.29) is 0 Å². The fourth-order valence-electron chi connectivity index (χ4n) is 1.39. The van der Waals surface area contributed by atoms with Gasteiger partial charge in [0.05, 0.1) is 0 Å². The van der Waals surface area contributed by atoms with Crippen molar-refractivity contribution in [3.8, 4) is 11.4 Å². The minimum atomic E-state index is 0.686. The van der Waals surface area contributed by atoms with E-state index in [0.717, 1.165) is 17.9 Å². The molecule has 0 aliphatic rings. The summed E-state index contributed by atoms with van der Waals surface area (Å²) in [5.41, 5.74) is 1.14. The molecule has 0 aliphatic carbocycles. The Bertz CT molecular complexity index is 492. The van der Waals surface area contributed by atoms with Crippen molar-refractivity contribution in [3.05, 3.63) is 21.1 Å². The topological polar surface area (TPSA) is 33.6 Å². The van der Waals surface area contributed by atoms with Crippen LogP contribution in [0, 0.1) is 11.7 Å². The molecule has 2 rings (SSSR count). The predicted molar refractivity (Wildman–Crippen MR) is 61.1 cm³/mol. The van der Waals surface area contributed by atoms with Crippen LogP contribution in [0.2, 0.25) is 0 Å².